The normalized spacial score (nSPS) is 10.6. The Morgan fingerprint density at radius 1 is 1.24 bits per heavy atom. The third-order valence-corrected chi connectivity index (χ3v) is 2.82. The number of H-pyrrole nitrogens is 1. The van der Waals surface area contributed by atoms with Gasteiger partial charge in [-0.3, -0.25) is 5.10 Å². The van der Waals surface area contributed by atoms with E-state index in [2.05, 4.69) is 22.1 Å². The molecule has 0 amide bonds. The summed E-state index contributed by atoms with van der Waals surface area (Å²) >= 11 is 0. The molecule has 17 heavy (non-hydrogen) atoms. The summed E-state index contributed by atoms with van der Waals surface area (Å²) in [6, 6.07) is 3.88. The first kappa shape index (κ1) is 11.4. The third kappa shape index (κ3) is 2.08. The highest BCUT2D eigenvalue weighted by atomic mass is 15.3. The fraction of sp³-hybridized carbons (Fsp3) is 0.333. The van der Waals surface area contributed by atoms with E-state index >= 15 is 0 Å². The highest BCUT2D eigenvalue weighted by Gasteiger charge is 2.11. The van der Waals surface area contributed by atoms with Gasteiger partial charge >= 0.3 is 0 Å². The number of benzene rings is 1. The summed E-state index contributed by atoms with van der Waals surface area (Å²) in [6.45, 7) is 4.10. The number of hydrogen-bond acceptors (Lipinski definition) is 4. The summed E-state index contributed by atoms with van der Waals surface area (Å²) in [5, 5.41) is 7.08. The highest BCUT2D eigenvalue weighted by Crippen LogP contribution is 2.26. The van der Waals surface area contributed by atoms with Gasteiger partial charge in [-0.05, 0) is 37.1 Å². The Balaban J connectivity index is 2.52. The minimum atomic E-state index is 0.666. The average molecular weight is 231 g/mol. The molecule has 0 saturated heterocycles. The maximum atomic E-state index is 5.86. The maximum Gasteiger partial charge on any atom is 0.244 e. The Morgan fingerprint density at radius 2 is 1.94 bits per heavy atom. The number of nitrogens with zero attached hydrogens (tertiary/aromatic N) is 3. The highest BCUT2D eigenvalue weighted by molar-refractivity contribution is 5.68. The molecule has 0 aliphatic heterocycles. The second kappa shape index (κ2) is 4.08. The lowest BCUT2D eigenvalue weighted by atomic mass is 10.0. The van der Waals surface area contributed by atoms with E-state index < -0.39 is 0 Å². The van der Waals surface area contributed by atoms with Crippen molar-refractivity contribution in [3.05, 3.63) is 23.3 Å². The van der Waals surface area contributed by atoms with E-state index in [1.54, 1.807) is 0 Å². The van der Waals surface area contributed by atoms with Crippen LogP contribution in [0.5, 0.6) is 0 Å². The first-order valence-electron chi connectivity index (χ1n) is 5.46. The fourth-order valence-corrected chi connectivity index (χ4v) is 1.71. The van der Waals surface area contributed by atoms with Crippen molar-refractivity contribution in [2.45, 2.75) is 13.8 Å². The molecule has 0 atom stereocenters. The predicted molar refractivity (Wildman–Crippen MR) is 70.0 cm³/mol. The molecule has 0 fully saturated rings. The second-order valence-corrected chi connectivity index (χ2v) is 4.39. The topological polar surface area (TPSA) is 70.8 Å². The second-order valence-electron chi connectivity index (χ2n) is 4.39. The lowest BCUT2D eigenvalue weighted by molar-refractivity contribution is 0.999. The van der Waals surface area contributed by atoms with Gasteiger partial charge in [-0.1, -0.05) is 0 Å². The van der Waals surface area contributed by atoms with Crippen LogP contribution in [0.3, 0.4) is 0 Å². The van der Waals surface area contributed by atoms with E-state index in [0.29, 0.717) is 5.95 Å². The van der Waals surface area contributed by atoms with Gasteiger partial charge in [0.2, 0.25) is 5.95 Å². The van der Waals surface area contributed by atoms with Gasteiger partial charge in [-0.15, -0.1) is 5.10 Å². The first-order chi connectivity index (χ1) is 7.99. The van der Waals surface area contributed by atoms with E-state index in [1.165, 1.54) is 5.56 Å². The van der Waals surface area contributed by atoms with Crippen LogP contribution in [0.15, 0.2) is 12.1 Å². The molecule has 0 saturated carbocycles. The van der Waals surface area contributed by atoms with Crippen molar-refractivity contribution in [1.82, 2.24) is 15.2 Å². The molecule has 1 heterocycles. The zero-order valence-corrected chi connectivity index (χ0v) is 10.6. The average Bonchev–Trinajstić information content (AvgIpc) is 2.72. The zero-order chi connectivity index (χ0) is 12.6. The van der Waals surface area contributed by atoms with Crippen LogP contribution < -0.4 is 10.6 Å². The molecule has 0 radical (unpaired) electrons. The molecule has 2 rings (SSSR count). The van der Waals surface area contributed by atoms with Gasteiger partial charge in [-0.25, -0.2) is 0 Å². The number of anilines is 2. The summed E-state index contributed by atoms with van der Waals surface area (Å²) < 4.78 is 0. The van der Waals surface area contributed by atoms with Gasteiger partial charge in [0.15, 0.2) is 5.82 Å². The van der Waals surface area contributed by atoms with E-state index in [4.69, 9.17) is 5.73 Å². The number of aromatic amines is 1. The van der Waals surface area contributed by atoms with Gasteiger partial charge in [0.05, 0.1) is 0 Å². The van der Waals surface area contributed by atoms with Crippen molar-refractivity contribution >= 4 is 11.6 Å². The third-order valence-electron chi connectivity index (χ3n) is 2.82. The first-order valence-corrected chi connectivity index (χ1v) is 5.46. The molecule has 1 aromatic heterocycles. The molecule has 0 aliphatic rings. The van der Waals surface area contributed by atoms with Gasteiger partial charge in [0, 0.05) is 25.3 Å². The maximum absolute atomic E-state index is 5.86. The van der Waals surface area contributed by atoms with Gasteiger partial charge in [0.25, 0.3) is 0 Å². The molecule has 90 valence electrons. The molecular formula is C12H17N5. The van der Waals surface area contributed by atoms with E-state index in [0.717, 1.165) is 22.6 Å². The van der Waals surface area contributed by atoms with Crippen molar-refractivity contribution in [1.29, 1.82) is 0 Å². The van der Waals surface area contributed by atoms with E-state index in [9.17, 15) is 0 Å². The Morgan fingerprint density at radius 3 is 2.53 bits per heavy atom. The Labute approximate surface area is 101 Å². The van der Waals surface area contributed by atoms with Crippen LogP contribution in [0, 0.1) is 13.8 Å². The van der Waals surface area contributed by atoms with Crippen LogP contribution in [-0.2, 0) is 0 Å². The van der Waals surface area contributed by atoms with Crippen molar-refractivity contribution in [2.24, 2.45) is 0 Å². The number of rotatable bonds is 2. The predicted octanol–water partition coefficient (Wildman–Crippen LogP) is 1.74. The smallest absolute Gasteiger partial charge is 0.244 e. The van der Waals surface area contributed by atoms with Crippen LogP contribution in [0.2, 0.25) is 0 Å². The van der Waals surface area contributed by atoms with Crippen LogP contribution in [0.4, 0.5) is 11.6 Å². The molecule has 3 N–H and O–H groups in total. The largest absolute Gasteiger partial charge is 0.399 e. The summed E-state index contributed by atoms with van der Waals surface area (Å²) in [5.74, 6) is 1.42. The summed E-state index contributed by atoms with van der Waals surface area (Å²) in [4.78, 5) is 6.28. The Bertz CT molecular complexity index is 542. The molecule has 0 spiro atoms. The molecule has 5 heteroatoms. The quantitative estimate of drug-likeness (QED) is 0.772. The summed E-state index contributed by atoms with van der Waals surface area (Å²) in [5.41, 5.74) is 9.93. The number of nitrogen functional groups attached to an aromatic ring is 1. The van der Waals surface area contributed by atoms with E-state index in [-0.39, 0.29) is 0 Å². The number of hydrogen-bond donors (Lipinski definition) is 2. The van der Waals surface area contributed by atoms with Crippen LogP contribution in [-0.4, -0.2) is 29.3 Å². The molecular weight excluding hydrogens is 214 g/mol. The summed E-state index contributed by atoms with van der Waals surface area (Å²) in [7, 11) is 3.81. The number of nitrogens with two attached hydrogens (primary N) is 1. The molecule has 2 aromatic rings. The van der Waals surface area contributed by atoms with Crippen molar-refractivity contribution in [2.75, 3.05) is 24.7 Å². The molecule has 0 bridgehead atoms. The fourth-order valence-electron chi connectivity index (χ4n) is 1.71. The number of nitrogens with one attached hydrogen (secondary N) is 1. The zero-order valence-electron chi connectivity index (χ0n) is 10.6. The van der Waals surface area contributed by atoms with Gasteiger partial charge in [-0.2, -0.15) is 4.98 Å². The lowest BCUT2D eigenvalue weighted by Gasteiger charge is -2.08. The van der Waals surface area contributed by atoms with Crippen molar-refractivity contribution in [3.63, 3.8) is 0 Å². The lowest BCUT2D eigenvalue weighted by Crippen LogP contribution is -2.10. The molecule has 1 aromatic carbocycles. The number of aromatic nitrogens is 3. The minimum absolute atomic E-state index is 0.666. The van der Waals surface area contributed by atoms with Crippen LogP contribution >= 0.6 is 0 Å². The standard InChI is InChI=1S/C12H17N5/c1-7-5-9(13)6-10(8(7)2)11-14-12(16-15-11)17(3)4/h5-6H,13H2,1-4H3,(H,14,15,16). The van der Waals surface area contributed by atoms with Crippen molar-refractivity contribution in [3.8, 4) is 11.4 Å². The van der Waals surface area contributed by atoms with E-state index in [1.807, 2.05) is 38.1 Å². The van der Waals surface area contributed by atoms with Crippen LogP contribution in [0.1, 0.15) is 11.1 Å². The monoisotopic (exact) mass is 231 g/mol. The Hall–Kier alpha value is -2.04. The van der Waals surface area contributed by atoms with Crippen LogP contribution in [0.25, 0.3) is 11.4 Å². The molecule has 5 nitrogen and oxygen atoms in total. The van der Waals surface area contributed by atoms with Gasteiger partial charge < -0.3 is 10.6 Å². The minimum Gasteiger partial charge on any atom is -0.399 e. The SMILES string of the molecule is Cc1cc(N)cc(-c2nc(N(C)C)n[nH]2)c1C. The molecule has 0 aliphatic carbocycles. The molecule has 0 unspecified atom stereocenters. The Kier molecular flexibility index (Phi) is 2.75. The summed E-state index contributed by atoms with van der Waals surface area (Å²) in [6.07, 6.45) is 0. The van der Waals surface area contributed by atoms with Gasteiger partial charge in [0.1, 0.15) is 0 Å². The number of aryl methyl sites for hydroxylation is 1. The van der Waals surface area contributed by atoms with Crippen molar-refractivity contribution < 1.29 is 0 Å².